The molecule has 0 saturated carbocycles. The second-order valence-electron chi connectivity index (χ2n) is 7.68. The lowest BCUT2D eigenvalue weighted by Crippen LogP contribution is -2.12. The number of ether oxygens (including phenoxy) is 3. The SMILES string of the molecule is COc1ccccc1-n1c(C)c(C(C)=O)c2cc(OC(=O)c3ccccc3OC(C)=O)ccc21. The Morgan fingerprint density at radius 1 is 0.824 bits per heavy atom. The van der Waals surface area contributed by atoms with Crippen LogP contribution in [0.5, 0.6) is 17.2 Å². The van der Waals surface area contributed by atoms with Gasteiger partial charge in [-0.2, -0.15) is 0 Å². The molecule has 0 aliphatic heterocycles. The van der Waals surface area contributed by atoms with E-state index in [4.69, 9.17) is 14.2 Å². The minimum atomic E-state index is -0.679. The minimum Gasteiger partial charge on any atom is -0.495 e. The van der Waals surface area contributed by atoms with Crippen LogP contribution in [0.2, 0.25) is 0 Å². The molecule has 3 aromatic carbocycles. The molecule has 172 valence electrons. The Hall–Kier alpha value is -4.39. The molecule has 0 radical (unpaired) electrons. The Morgan fingerprint density at radius 2 is 1.50 bits per heavy atom. The first-order valence-electron chi connectivity index (χ1n) is 10.6. The van der Waals surface area contributed by atoms with Crippen LogP contribution in [0.1, 0.15) is 40.3 Å². The number of carbonyl (C=O) groups is 3. The molecule has 0 spiro atoms. The number of benzene rings is 3. The van der Waals surface area contributed by atoms with Gasteiger partial charge in [0.25, 0.3) is 0 Å². The maximum absolute atomic E-state index is 12.8. The number of hydrogen-bond acceptors (Lipinski definition) is 6. The van der Waals surface area contributed by atoms with E-state index >= 15 is 0 Å². The molecule has 0 aliphatic rings. The highest BCUT2D eigenvalue weighted by atomic mass is 16.5. The lowest BCUT2D eigenvalue weighted by atomic mass is 10.1. The van der Waals surface area contributed by atoms with Crippen molar-refractivity contribution in [3.8, 4) is 22.9 Å². The quantitative estimate of drug-likeness (QED) is 0.222. The average Bonchev–Trinajstić information content (AvgIpc) is 3.09. The van der Waals surface area contributed by atoms with Gasteiger partial charge in [-0.3, -0.25) is 9.59 Å². The highest BCUT2D eigenvalue weighted by molar-refractivity contribution is 6.09. The molecule has 0 unspecified atom stereocenters. The van der Waals surface area contributed by atoms with Crippen LogP contribution in [0.4, 0.5) is 0 Å². The lowest BCUT2D eigenvalue weighted by Gasteiger charge is -2.13. The van der Waals surface area contributed by atoms with Gasteiger partial charge in [0.15, 0.2) is 5.78 Å². The van der Waals surface area contributed by atoms with Crippen molar-refractivity contribution in [1.29, 1.82) is 0 Å². The number of aromatic nitrogens is 1. The van der Waals surface area contributed by atoms with E-state index in [1.54, 1.807) is 37.4 Å². The van der Waals surface area contributed by atoms with E-state index in [1.165, 1.54) is 26.0 Å². The van der Waals surface area contributed by atoms with Crippen molar-refractivity contribution in [3.63, 3.8) is 0 Å². The topological polar surface area (TPSA) is 83.8 Å². The number of hydrogen-bond donors (Lipinski definition) is 0. The van der Waals surface area contributed by atoms with Gasteiger partial charge in [0, 0.05) is 23.6 Å². The third-order valence-corrected chi connectivity index (χ3v) is 5.42. The normalized spacial score (nSPS) is 10.7. The predicted octanol–water partition coefficient (Wildman–Crippen LogP) is 5.29. The first kappa shape index (κ1) is 22.8. The van der Waals surface area contributed by atoms with Crippen LogP contribution in [0.3, 0.4) is 0 Å². The van der Waals surface area contributed by atoms with Crippen LogP contribution in [-0.2, 0) is 4.79 Å². The Bertz CT molecular complexity index is 1430. The van der Waals surface area contributed by atoms with Gasteiger partial charge in [-0.25, -0.2) is 4.79 Å². The zero-order valence-corrected chi connectivity index (χ0v) is 19.2. The predicted molar refractivity (Wildman–Crippen MR) is 127 cm³/mol. The Kier molecular flexibility index (Phi) is 6.19. The minimum absolute atomic E-state index is 0.111. The van der Waals surface area contributed by atoms with Crippen LogP contribution < -0.4 is 14.2 Å². The van der Waals surface area contributed by atoms with Gasteiger partial charge in [-0.15, -0.1) is 0 Å². The summed E-state index contributed by atoms with van der Waals surface area (Å²) >= 11 is 0. The standard InChI is InChI=1S/C27H23NO6/c1-16-26(17(2)29)21-15-19(34-27(31)20-9-5-7-11-24(20)33-18(3)30)13-14-22(21)28(16)23-10-6-8-12-25(23)32-4/h5-15H,1-4H3. The second-order valence-corrected chi connectivity index (χ2v) is 7.68. The molecule has 4 aromatic rings. The van der Waals surface area contributed by atoms with Crippen LogP contribution >= 0.6 is 0 Å². The molecule has 7 heteroatoms. The fourth-order valence-electron chi connectivity index (χ4n) is 4.07. The molecule has 0 N–H and O–H groups in total. The summed E-state index contributed by atoms with van der Waals surface area (Å²) in [6, 6.07) is 19.0. The summed E-state index contributed by atoms with van der Waals surface area (Å²) in [6.07, 6.45) is 0. The maximum atomic E-state index is 12.8. The largest absolute Gasteiger partial charge is 0.495 e. The Balaban J connectivity index is 1.80. The van der Waals surface area contributed by atoms with Crippen molar-refractivity contribution in [2.24, 2.45) is 0 Å². The highest BCUT2D eigenvalue weighted by Gasteiger charge is 2.22. The van der Waals surface area contributed by atoms with Crippen molar-refractivity contribution in [3.05, 3.63) is 83.6 Å². The van der Waals surface area contributed by atoms with E-state index in [0.29, 0.717) is 16.7 Å². The number of para-hydroxylation sites is 3. The van der Waals surface area contributed by atoms with Crippen molar-refractivity contribution < 1.29 is 28.6 Å². The van der Waals surface area contributed by atoms with E-state index in [1.807, 2.05) is 35.8 Å². The van der Waals surface area contributed by atoms with Crippen molar-refractivity contribution in [1.82, 2.24) is 4.57 Å². The van der Waals surface area contributed by atoms with Gasteiger partial charge in [0.2, 0.25) is 0 Å². The number of rotatable bonds is 6. The summed E-state index contributed by atoms with van der Waals surface area (Å²) in [7, 11) is 1.59. The van der Waals surface area contributed by atoms with Gasteiger partial charge < -0.3 is 18.8 Å². The molecule has 1 heterocycles. The van der Waals surface area contributed by atoms with Gasteiger partial charge in [0.05, 0.1) is 18.3 Å². The molecule has 0 bridgehead atoms. The molecule has 4 rings (SSSR count). The molecule has 0 fully saturated rings. The molecular weight excluding hydrogens is 434 g/mol. The van der Waals surface area contributed by atoms with Crippen molar-refractivity contribution in [2.75, 3.05) is 7.11 Å². The van der Waals surface area contributed by atoms with E-state index in [9.17, 15) is 14.4 Å². The molecule has 0 amide bonds. The van der Waals surface area contributed by atoms with Crippen LogP contribution in [0.15, 0.2) is 66.7 Å². The molecule has 0 atom stereocenters. The summed E-state index contributed by atoms with van der Waals surface area (Å²) in [5.41, 5.74) is 2.95. The number of ketones is 1. The van der Waals surface area contributed by atoms with E-state index < -0.39 is 11.9 Å². The number of methoxy groups -OCH3 is 1. The zero-order chi connectivity index (χ0) is 24.4. The van der Waals surface area contributed by atoms with Crippen LogP contribution in [0, 0.1) is 6.92 Å². The van der Waals surface area contributed by atoms with Crippen molar-refractivity contribution in [2.45, 2.75) is 20.8 Å². The summed E-state index contributed by atoms with van der Waals surface area (Å²) in [5.74, 6) is -0.295. The van der Waals surface area contributed by atoms with Gasteiger partial charge in [-0.05, 0) is 56.3 Å². The summed E-state index contributed by atoms with van der Waals surface area (Å²) in [6.45, 7) is 4.63. The van der Waals surface area contributed by atoms with Gasteiger partial charge >= 0.3 is 11.9 Å². The molecule has 0 saturated heterocycles. The molecule has 0 aliphatic carbocycles. The van der Waals surface area contributed by atoms with E-state index in [0.717, 1.165) is 16.9 Å². The summed E-state index contributed by atoms with van der Waals surface area (Å²) in [5, 5.41) is 0.648. The number of fused-ring (bicyclic) bond motifs is 1. The molecule has 1 aromatic heterocycles. The van der Waals surface area contributed by atoms with E-state index in [-0.39, 0.29) is 22.8 Å². The van der Waals surface area contributed by atoms with E-state index in [2.05, 4.69) is 0 Å². The zero-order valence-electron chi connectivity index (χ0n) is 19.2. The van der Waals surface area contributed by atoms with Crippen LogP contribution in [0.25, 0.3) is 16.6 Å². The smallest absolute Gasteiger partial charge is 0.347 e. The van der Waals surface area contributed by atoms with Crippen molar-refractivity contribution >= 4 is 28.6 Å². The first-order valence-corrected chi connectivity index (χ1v) is 10.6. The Morgan fingerprint density at radius 3 is 2.18 bits per heavy atom. The second kappa shape index (κ2) is 9.23. The number of Topliss-reactive ketones (excluding diaryl/α,β-unsaturated/α-hetero) is 1. The fraction of sp³-hybridized carbons (Fsp3) is 0.148. The summed E-state index contributed by atoms with van der Waals surface area (Å²) < 4.78 is 18.2. The third kappa shape index (κ3) is 4.15. The molecule has 7 nitrogen and oxygen atoms in total. The summed E-state index contributed by atoms with van der Waals surface area (Å²) in [4.78, 5) is 36.8. The fourth-order valence-corrected chi connectivity index (χ4v) is 4.07. The van der Waals surface area contributed by atoms with Crippen LogP contribution in [-0.4, -0.2) is 29.4 Å². The number of esters is 2. The monoisotopic (exact) mass is 457 g/mol. The maximum Gasteiger partial charge on any atom is 0.347 e. The molecule has 34 heavy (non-hydrogen) atoms. The number of nitrogens with zero attached hydrogens (tertiary/aromatic N) is 1. The van der Waals surface area contributed by atoms with Gasteiger partial charge in [-0.1, -0.05) is 24.3 Å². The lowest BCUT2D eigenvalue weighted by molar-refractivity contribution is -0.131. The average molecular weight is 457 g/mol. The number of carbonyl (C=O) groups excluding carboxylic acids is 3. The van der Waals surface area contributed by atoms with Gasteiger partial charge in [0.1, 0.15) is 22.8 Å². The Labute approximate surface area is 196 Å². The molecular formula is C27H23NO6. The highest BCUT2D eigenvalue weighted by Crippen LogP contribution is 2.35. The first-order chi connectivity index (χ1) is 16.3. The third-order valence-electron chi connectivity index (χ3n) is 5.42.